The fourth-order valence-corrected chi connectivity index (χ4v) is 7.71. The van der Waals surface area contributed by atoms with Crippen LogP contribution in [0.25, 0.3) is 76.9 Å². The first-order valence-corrected chi connectivity index (χ1v) is 17.8. The summed E-state index contributed by atoms with van der Waals surface area (Å²) in [4.78, 5) is 2.39. The summed E-state index contributed by atoms with van der Waals surface area (Å²) in [6.45, 7) is 0. The van der Waals surface area contributed by atoms with Gasteiger partial charge in [-0.1, -0.05) is 146 Å². The topological polar surface area (TPSA) is 16.4 Å². The molecular formula is C50H33NO. The Labute approximate surface area is 302 Å². The van der Waals surface area contributed by atoms with Crippen LogP contribution in [0.15, 0.2) is 205 Å². The minimum absolute atomic E-state index is 0.909. The number of fused-ring (bicyclic) bond motifs is 5. The minimum Gasteiger partial charge on any atom is -0.456 e. The summed E-state index contributed by atoms with van der Waals surface area (Å²) in [6.07, 6.45) is 0. The second-order valence-electron chi connectivity index (χ2n) is 13.3. The largest absolute Gasteiger partial charge is 0.456 e. The Morgan fingerprint density at radius 3 is 1.73 bits per heavy atom. The highest BCUT2D eigenvalue weighted by Crippen LogP contribution is 2.42. The highest BCUT2D eigenvalue weighted by atomic mass is 16.3. The Balaban J connectivity index is 1.08. The predicted octanol–water partition coefficient (Wildman–Crippen LogP) is 14.4. The number of rotatable bonds is 6. The highest BCUT2D eigenvalue weighted by molar-refractivity contribution is 6.06. The normalized spacial score (nSPS) is 11.5. The molecule has 0 spiro atoms. The van der Waals surface area contributed by atoms with Gasteiger partial charge >= 0.3 is 0 Å². The zero-order valence-corrected chi connectivity index (χ0v) is 28.4. The molecule has 0 amide bonds. The van der Waals surface area contributed by atoms with E-state index in [2.05, 4.69) is 193 Å². The first-order chi connectivity index (χ1) is 25.8. The monoisotopic (exact) mass is 663 g/mol. The second-order valence-corrected chi connectivity index (χ2v) is 13.3. The van der Waals surface area contributed by atoms with Gasteiger partial charge in [-0.15, -0.1) is 0 Å². The van der Waals surface area contributed by atoms with Gasteiger partial charge in [-0.3, -0.25) is 0 Å². The molecule has 0 radical (unpaired) electrons. The molecule has 0 bridgehead atoms. The summed E-state index contributed by atoms with van der Waals surface area (Å²) in [6, 6.07) is 71.9. The Morgan fingerprint density at radius 1 is 0.308 bits per heavy atom. The van der Waals surface area contributed by atoms with E-state index in [1.165, 1.54) is 43.8 Å². The van der Waals surface area contributed by atoms with E-state index < -0.39 is 0 Å². The SMILES string of the molecule is c1cc(-c2cccc(N(c3ccc(-c4ccc5oc6ccccc6c5c4)cc3)c3cccc4ccccc34)c2)cc(-c2cccc3ccccc23)c1. The van der Waals surface area contributed by atoms with Crippen LogP contribution in [0.5, 0.6) is 0 Å². The standard InChI is InChI=1S/C50H33NO/c1-3-19-43-35(11-1)13-9-22-44(43)40-17-7-15-37(31-40)38-16-8-18-42(32-38)51(48-23-10-14-36-12-2-4-20-45(36)48)41-28-25-34(26-29-41)39-27-30-50-47(33-39)46-21-5-6-24-49(46)52-50/h1-33H. The van der Waals surface area contributed by atoms with Crippen LogP contribution in [-0.4, -0.2) is 0 Å². The van der Waals surface area contributed by atoms with Gasteiger partial charge in [0.1, 0.15) is 11.2 Å². The summed E-state index contributed by atoms with van der Waals surface area (Å²) < 4.78 is 6.11. The van der Waals surface area contributed by atoms with Crippen LogP contribution >= 0.6 is 0 Å². The van der Waals surface area contributed by atoms with Gasteiger partial charge in [-0.05, 0) is 104 Å². The van der Waals surface area contributed by atoms with E-state index in [9.17, 15) is 0 Å². The fraction of sp³-hybridized carbons (Fsp3) is 0. The maximum atomic E-state index is 6.11. The molecule has 1 heterocycles. The number of nitrogens with zero attached hydrogens (tertiary/aromatic N) is 1. The molecule has 10 aromatic rings. The lowest BCUT2D eigenvalue weighted by Crippen LogP contribution is -2.10. The van der Waals surface area contributed by atoms with Crippen LogP contribution in [0.2, 0.25) is 0 Å². The van der Waals surface area contributed by atoms with Crippen molar-refractivity contribution in [1.82, 2.24) is 0 Å². The third kappa shape index (κ3) is 5.21. The molecule has 10 rings (SSSR count). The van der Waals surface area contributed by atoms with E-state index in [0.29, 0.717) is 0 Å². The van der Waals surface area contributed by atoms with Gasteiger partial charge in [0.2, 0.25) is 0 Å². The summed E-state index contributed by atoms with van der Waals surface area (Å²) in [5.74, 6) is 0. The number of hydrogen-bond acceptors (Lipinski definition) is 2. The molecule has 52 heavy (non-hydrogen) atoms. The van der Waals surface area contributed by atoms with E-state index in [0.717, 1.165) is 50.1 Å². The molecule has 9 aromatic carbocycles. The highest BCUT2D eigenvalue weighted by Gasteiger charge is 2.17. The molecular weight excluding hydrogens is 631 g/mol. The molecule has 0 saturated heterocycles. The molecule has 0 saturated carbocycles. The average Bonchev–Trinajstić information content (AvgIpc) is 3.59. The molecule has 0 aliphatic carbocycles. The van der Waals surface area contributed by atoms with Crippen LogP contribution in [0, 0.1) is 0 Å². The lowest BCUT2D eigenvalue weighted by Gasteiger charge is -2.27. The van der Waals surface area contributed by atoms with Gasteiger partial charge in [0, 0.05) is 27.5 Å². The average molecular weight is 664 g/mol. The minimum atomic E-state index is 0.909. The molecule has 2 nitrogen and oxygen atoms in total. The van der Waals surface area contributed by atoms with Gasteiger partial charge < -0.3 is 9.32 Å². The Morgan fingerprint density at radius 2 is 0.885 bits per heavy atom. The van der Waals surface area contributed by atoms with Crippen molar-refractivity contribution in [2.45, 2.75) is 0 Å². The van der Waals surface area contributed by atoms with Crippen molar-refractivity contribution >= 4 is 60.5 Å². The summed E-state index contributed by atoms with van der Waals surface area (Å²) in [7, 11) is 0. The molecule has 0 aliphatic rings. The molecule has 0 N–H and O–H groups in total. The fourth-order valence-electron chi connectivity index (χ4n) is 7.71. The van der Waals surface area contributed by atoms with Crippen molar-refractivity contribution in [2.75, 3.05) is 4.90 Å². The summed E-state index contributed by atoms with van der Waals surface area (Å²) in [5, 5.41) is 7.20. The first kappa shape index (κ1) is 30.0. The molecule has 0 unspecified atom stereocenters. The van der Waals surface area contributed by atoms with Gasteiger partial charge in [0.05, 0.1) is 5.69 Å². The predicted molar refractivity (Wildman–Crippen MR) is 220 cm³/mol. The van der Waals surface area contributed by atoms with Crippen molar-refractivity contribution in [3.8, 4) is 33.4 Å². The van der Waals surface area contributed by atoms with Gasteiger partial charge in [0.15, 0.2) is 0 Å². The molecule has 1 aromatic heterocycles. The Hall–Kier alpha value is -6.90. The molecule has 244 valence electrons. The van der Waals surface area contributed by atoms with Crippen molar-refractivity contribution in [3.63, 3.8) is 0 Å². The maximum Gasteiger partial charge on any atom is 0.135 e. The van der Waals surface area contributed by atoms with Crippen molar-refractivity contribution in [3.05, 3.63) is 200 Å². The number of para-hydroxylation sites is 1. The quantitative estimate of drug-likeness (QED) is 0.176. The van der Waals surface area contributed by atoms with Gasteiger partial charge in [-0.25, -0.2) is 0 Å². The third-order valence-electron chi connectivity index (χ3n) is 10.2. The number of benzene rings is 9. The van der Waals surface area contributed by atoms with E-state index in [-0.39, 0.29) is 0 Å². The van der Waals surface area contributed by atoms with Crippen molar-refractivity contribution < 1.29 is 4.42 Å². The van der Waals surface area contributed by atoms with Crippen LogP contribution in [0.1, 0.15) is 0 Å². The van der Waals surface area contributed by atoms with E-state index in [1.807, 2.05) is 12.1 Å². The van der Waals surface area contributed by atoms with Gasteiger partial charge in [0.25, 0.3) is 0 Å². The first-order valence-electron chi connectivity index (χ1n) is 17.8. The smallest absolute Gasteiger partial charge is 0.135 e. The van der Waals surface area contributed by atoms with Crippen molar-refractivity contribution in [2.24, 2.45) is 0 Å². The molecule has 0 fully saturated rings. The zero-order valence-electron chi connectivity index (χ0n) is 28.4. The molecule has 0 aliphatic heterocycles. The van der Waals surface area contributed by atoms with E-state index >= 15 is 0 Å². The van der Waals surface area contributed by atoms with Crippen LogP contribution in [-0.2, 0) is 0 Å². The molecule has 2 heteroatoms. The van der Waals surface area contributed by atoms with E-state index in [1.54, 1.807) is 0 Å². The third-order valence-corrected chi connectivity index (χ3v) is 10.2. The lowest BCUT2D eigenvalue weighted by atomic mass is 9.95. The molecule has 0 atom stereocenters. The van der Waals surface area contributed by atoms with Crippen molar-refractivity contribution in [1.29, 1.82) is 0 Å². The zero-order chi connectivity index (χ0) is 34.4. The van der Waals surface area contributed by atoms with E-state index in [4.69, 9.17) is 4.42 Å². The Bertz CT molecular complexity index is 2910. The van der Waals surface area contributed by atoms with Crippen LogP contribution in [0.3, 0.4) is 0 Å². The second kappa shape index (κ2) is 12.5. The summed E-state index contributed by atoms with van der Waals surface area (Å²) in [5.41, 5.74) is 12.3. The number of furan rings is 1. The maximum absolute atomic E-state index is 6.11. The number of anilines is 3. The lowest BCUT2D eigenvalue weighted by molar-refractivity contribution is 0.669. The summed E-state index contributed by atoms with van der Waals surface area (Å²) >= 11 is 0. The number of hydrogen-bond donors (Lipinski definition) is 0. The van der Waals surface area contributed by atoms with Crippen LogP contribution in [0.4, 0.5) is 17.1 Å². The van der Waals surface area contributed by atoms with Gasteiger partial charge in [-0.2, -0.15) is 0 Å². The van der Waals surface area contributed by atoms with Crippen LogP contribution < -0.4 is 4.90 Å². The Kier molecular flexibility index (Phi) is 7.18.